The second-order valence-corrected chi connectivity index (χ2v) is 3.63. The minimum atomic E-state index is -0.914. The molecular formula is C10H16O4. The number of aliphatic carboxylic acids is 1. The first kappa shape index (κ1) is 11.2. The van der Waals surface area contributed by atoms with E-state index < -0.39 is 5.97 Å². The summed E-state index contributed by atoms with van der Waals surface area (Å²) < 4.78 is 5.39. The second-order valence-electron chi connectivity index (χ2n) is 3.63. The van der Waals surface area contributed by atoms with Crippen molar-refractivity contribution in [3.8, 4) is 0 Å². The van der Waals surface area contributed by atoms with Crippen LogP contribution in [-0.4, -0.2) is 29.6 Å². The molecule has 1 saturated heterocycles. The Bertz CT molecular complexity index is 206. The van der Waals surface area contributed by atoms with Gasteiger partial charge in [0, 0.05) is 19.4 Å². The summed E-state index contributed by atoms with van der Waals surface area (Å²) in [4.78, 5) is 21.5. The van der Waals surface area contributed by atoms with Crippen molar-refractivity contribution in [1.29, 1.82) is 0 Å². The highest BCUT2D eigenvalue weighted by atomic mass is 16.5. The molecule has 0 bridgehead atoms. The molecule has 0 aromatic carbocycles. The van der Waals surface area contributed by atoms with Crippen LogP contribution in [0.5, 0.6) is 0 Å². The SMILES string of the molecule is O=C(O)CCC(=O)CC1CCCCO1. The van der Waals surface area contributed by atoms with E-state index in [9.17, 15) is 9.59 Å². The summed E-state index contributed by atoms with van der Waals surface area (Å²) in [6.07, 6.45) is 3.59. The summed E-state index contributed by atoms with van der Waals surface area (Å²) in [7, 11) is 0. The number of rotatable bonds is 5. The van der Waals surface area contributed by atoms with Crippen molar-refractivity contribution in [2.45, 2.75) is 44.6 Å². The fourth-order valence-corrected chi connectivity index (χ4v) is 1.57. The average Bonchev–Trinajstić information content (AvgIpc) is 2.16. The summed E-state index contributed by atoms with van der Waals surface area (Å²) in [6, 6.07) is 0. The van der Waals surface area contributed by atoms with Gasteiger partial charge in [0.15, 0.2) is 0 Å². The van der Waals surface area contributed by atoms with Crippen LogP contribution in [0.1, 0.15) is 38.5 Å². The molecule has 1 aliphatic heterocycles. The van der Waals surface area contributed by atoms with Crippen LogP contribution in [0.4, 0.5) is 0 Å². The van der Waals surface area contributed by atoms with Crippen LogP contribution in [0.25, 0.3) is 0 Å². The lowest BCUT2D eigenvalue weighted by atomic mass is 10.0. The molecule has 0 aromatic heterocycles. The molecule has 1 heterocycles. The Balaban J connectivity index is 2.15. The molecule has 1 aliphatic rings. The molecule has 1 unspecified atom stereocenters. The lowest BCUT2D eigenvalue weighted by Crippen LogP contribution is -2.22. The van der Waals surface area contributed by atoms with Gasteiger partial charge in [-0.05, 0) is 19.3 Å². The van der Waals surface area contributed by atoms with E-state index in [0.717, 1.165) is 25.9 Å². The molecule has 0 spiro atoms. The Hall–Kier alpha value is -0.900. The monoisotopic (exact) mass is 200 g/mol. The third-order valence-corrected chi connectivity index (χ3v) is 2.35. The van der Waals surface area contributed by atoms with Crippen molar-refractivity contribution >= 4 is 11.8 Å². The maximum absolute atomic E-state index is 11.3. The van der Waals surface area contributed by atoms with Crippen LogP contribution in [0.3, 0.4) is 0 Å². The predicted molar refractivity (Wildman–Crippen MR) is 50.1 cm³/mol. The second kappa shape index (κ2) is 5.75. The molecule has 0 radical (unpaired) electrons. The Morgan fingerprint density at radius 3 is 2.64 bits per heavy atom. The van der Waals surface area contributed by atoms with Gasteiger partial charge in [0.25, 0.3) is 0 Å². The lowest BCUT2D eigenvalue weighted by molar-refractivity contribution is -0.139. The lowest BCUT2D eigenvalue weighted by Gasteiger charge is -2.21. The number of Topliss-reactive ketones (excluding diaryl/α,β-unsaturated/α-hetero) is 1. The van der Waals surface area contributed by atoms with Gasteiger partial charge in [0.05, 0.1) is 12.5 Å². The number of carbonyl (C=O) groups excluding carboxylic acids is 1. The summed E-state index contributed by atoms with van der Waals surface area (Å²) >= 11 is 0. The summed E-state index contributed by atoms with van der Waals surface area (Å²) in [5, 5.41) is 8.38. The van der Waals surface area contributed by atoms with Gasteiger partial charge in [0.1, 0.15) is 5.78 Å². The zero-order valence-corrected chi connectivity index (χ0v) is 8.20. The molecule has 1 N–H and O–H groups in total. The van der Waals surface area contributed by atoms with E-state index in [1.165, 1.54) is 0 Å². The summed E-state index contributed by atoms with van der Waals surface area (Å²) in [6.45, 7) is 0.733. The van der Waals surface area contributed by atoms with Gasteiger partial charge in [0.2, 0.25) is 0 Å². The molecule has 4 nitrogen and oxygen atoms in total. The van der Waals surface area contributed by atoms with Gasteiger partial charge < -0.3 is 9.84 Å². The third-order valence-electron chi connectivity index (χ3n) is 2.35. The zero-order valence-electron chi connectivity index (χ0n) is 8.20. The number of ketones is 1. The first-order valence-electron chi connectivity index (χ1n) is 5.03. The largest absolute Gasteiger partial charge is 0.481 e. The van der Waals surface area contributed by atoms with E-state index in [-0.39, 0.29) is 24.7 Å². The maximum atomic E-state index is 11.3. The van der Waals surface area contributed by atoms with Gasteiger partial charge in [-0.15, -0.1) is 0 Å². The fourth-order valence-electron chi connectivity index (χ4n) is 1.57. The van der Waals surface area contributed by atoms with Gasteiger partial charge in [-0.25, -0.2) is 0 Å². The Labute approximate surface area is 83.2 Å². The zero-order chi connectivity index (χ0) is 10.4. The van der Waals surface area contributed by atoms with E-state index in [4.69, 9.17) is 9.84 Å². The molecule has 0 aliphatic carbocycles. The molecule has 1 fully saturated rings. The van der Waals surface area contributed by atoms with Crippen molar-refractivity contribution < 1.29 is 19.4 Å². The highest BCUT2D eigenvalue weighted by Crippen LogP contribution is 2.16. The minimum absolute atomic E-state index is 0.000648. The molecule has 4 heteroatoms. The van der Waals surface area contributed by atoms with E-state index in [0.29, 0.717) is 6.42 Å². The van der Waals surface area contributed by atoms with Crippen LogP contribution in [0.15, 0.2) is 0 Å². The van der Waals surface area contributed by atoms with E-state index >= 15 is 0 Å². The van der Waals surface area contributed by atoms with Crippen molar-refractivity contribution in [1.82, 2.24) is 0 Å². The van der Waals surface area contributed by atoms with Crippen LogP contribution in [-0.2, 0) is 14.3 Å². The van der Waals surface area contributed by atoms with Crippen LogP contribution in [0.2, 0.25) is 0 Å². The molecule has 0 saturated carbocycles. The average molecular weight is 200 g/mol. The molecule has 80 valence electrons. The van der Waals surface area contributed by atoms with Crippen molar-refractivity contribution in [3.05, 3.63) is 0 Å². The Kier molecular flexibility index (Phi) is 4.59. The standard InChI is InChI=1S/C10H16O4/c11-8(4-5-10(12)13)7-9-3-1-2-6-14-9/h9H,1-7H2,(H,12,13). The first-order chi connectivity index (χ1) is 6.68. The molecule has 1 atom stereocenters. The van der Waals surface area contributed by atoms with Crippen molar-refractivity contribution in [2.75, 3.05) is 6.61 Å². The number of ether oxygens (including phenoxy) is 1. The molecule has 14 heavy (non-hydrogen) atoms. The summed E-state index contributed by atoms with van der Waals surface area (Å²) in [5.74, 6) is -0.915. The number of carboxylic acids is 1. The highest BCUT2D eigenvalue weighted by molar-refractivity contribution is 5.82. The van der Waals surface area contributed by atoms with Crippen LogP contribution >= 0.6 is 0 Å². The highest BCUT2D eigenvalue weighted by Gasteiger charge is 2.17. The van der Waals surface area contributed by atoms with E-state index in [2.05, 4.69) is 0 Å². The van der Waals surface area contributed by atoms with Crippen molar-refractivity contribution in [2.24, 2.45) is 0 Å². The third kappa shape index (κ3) is 4.37. The molecule has 0 aromatic rings. The smallest absolute Gasteiger partial charge is 0.303 e. The van der Waals surface area contributed by atoms with Gasteiger partial charge in [-0.3, -0.25) is 9.59 Å². The topological polar surface area (TPSA) is 63.6 Å². The molecule has 1 rings (SSSR count). The Morgan fingerprint density at radius 1 is 1.29 bits per heavy atom. The van der Waals surface area contributed by atoms with Gasteiger partial charge >= 0.3 is 5.97 Å². The van der Waals surface area contributed by atoms with Gasteiger partial charge in [-0.2, -0.15) is 0 Å². The normalized spacial score (nSPS) is 21.9. The minimum Gasteiger partial charge on any atom is -0.481 e. The van der Waals surface area contributed by atoms with Crippen molar-refractivity contribution in [3.63, 3.8) is 0 Å². The first-order valence-corrected chi connectivity index (χ1v) is 5.03. The number of hydrogen-bond donors (Lipinski definition) is 1. The number of hydrogen-bond acceptors (Lipinski definition) is 3. The molecule has 0 amide bonds. The van der Waals surface area contributed by atoms with Gasteiger partial charge in [-0.1, -0.05) is 0 Å². The van der Waals surface area contributed by atoms with Crippen LogP contribution < -0.4 is 0 Å². The molecular weight excluding hydrogens is 184 g/mol. The summed E-state index contributed by atoms with van der Waals surface area (Å²) in [5.41, 5.74) is 0. The quantitative estimate of drug-likeness (QED) is 0.728. The fraction of sp³-hybridized carbons (Fsp3) is 0.800. The number of carbonyl (C=O) groups is 2. The van der Waals surface area contributed by atoms with E-state index in [1.807, 2.05) is 0 Å². The number of carboxylic acid groups (broad SMARTS) is 1. The predicted octanol–water partition coefficient (Wildman–Crippen LogP) is 1.38. The maximum Gasteiger partial charge on any atom is 0.303 e. The van der Waals surface area contributed by atoms with Crippen LogP contribution in [0, 0.1) is 0 Å². The Morgan fingerprint density at radius 2 is 2.07 bits per heavy atom. The van der Waals surface area contributed by atoms with E-state index in [1.54, 1.807) is 0 Å².